The molecule has 2 aromatic carbocycles. The zero-order valence-corrected chi connectivity index (χ0v) is 16.1. The molecular weight excluding hydrogens is 338 g/mol. The summed E-state index contributed by atoms with van der Waals surface area (Å²) in [5.74, 6) is 1.89. The lowest BCUT2D eigenvalue weighted by molar-refractivity contribution is 0.856. The fraction of sp³-hybridized carbons (Fsp3) is 0.273. The Hall–Kier alpha value is -2.46. The standard InChI is InChI=1S/C22H23N3S/c1-3-20-24-21(19-13-15(2)26-22(19)25-20)23-12-6-7-16-10-11-17-8-4-5-9-18(17)14-16/h4-5,8-11,13-14H,3,6-7,12H2,1-2H3,(H,23,24,25). The second-order valence-electron chi connectivity index (χ2n) is 6.63. The number of hydrogen-bond acceptors (Lipinski definition) is 4. The quantitative estimate of drug-likeness (QED) is 0.444. The Bertz CT molecular complexity index is 1050. The topological polar surface area (TPSA) is 37.8 Å². The van der Waals surface area contributed by atoms with Gasteiger partial charge in [0, 0.05) is 17.8 Å². The van der Waals surface area contributed by atoms with Crippen LogP contribution in [-0.4, -0.2) is 16.5 Å². The summed E-state index contributed by atoms with van der Waals surface area (Å²) in [6, 6.07) is 17.5. The van der Waals surface area contributed by atoms with E-state index >= 15 is 0 Å². The number of fused-ring (bicyclic) bond motifs is 2. The maximum atomic E-state index is 4.70. The van der Waals surface area contributed by atoms with Gasteiger partial charge < -0.3 is 5.32 Å². The Labute approximate surface area is 158 Å². The summed E-state index contributed by atoms with van der Waals surface area (Å²) in [6.45, 7) is 5.14. The molecule has 0 spiro atoms. The molecule has 4 aromatic rings. The van der Waals surface area contributed by atoms with Gasteiger partial charge in [0.05, 0.1) is 5.39 Å². The summed E-state index contributed by atoms with van der Waals surface area (Å²) >= 11 is 1.74. The molecule has 3 nitrogen and oxygen atoms in total. The monoisotopic (exact) mass is 361 g/mol. The first-order valence-corrected chi connectivity index (χ1v) is 10.0. The van der Waals surface area contributed by atoms with Crippen molar-refractivity contribution in [1.29, 1.82) is 0 Å². The fourth-order valence-corrected chi connectivity index (χ4v) is 4.17. The molecule has 0 aliphatic heterocycles. The Balaban J connectivity index is 1.43. The number of rotatable bonds is 6. The first-order valence-electron chi connectivity index (χ1n) is 9.21. The number of hydrogen-bond donors (Lipinski definition) is 1. The summed E-state index contributed by atoms with van der Waals surface area (Å²) in [5.41, 5.74) is 1.39. The summed E-state index contributed by atoms with van der Waals surface area (Å²) in [4.78, 5) is 11.7. The van der Waals surface area contributed by atoms with E-state index < -0.39 is 0 Å². The van der Waals surface area contributed by atoms with Gasteiger partial charge in [-0.2, -0.15) is 0 Å². The normalized spacial score (nSPS) is 11.3. The van der Waals surface area contributed by atoms with Crippen LogP contribution < -0.4 is 5.32 Å². The van der Waals surface area contributed by atoms with E-state index in [-0.39, 0.29) is 0 Å². The van der Waals surface area contributed by atoms with Crippen molar-refractivity contribution in [2.75, 3.05) is 11.9 Å². The van der Waals surface area contributed by atoms with E-state index in [1.165, 1.54) is 21.2 Å². The number of thiophene rings is 1. The molecule has 2 aromatic heterocycles. The van der Waals surface area contributed by atoms with Crippen molar-refractivity contribution in [3.63, 3.8) is 0 Å². The molecule has 0 aliphatic carbocycles. The van der Waals surface area contributed by atoms with Crippen molar-refractivity contribution in [3.8, 4) is 0 Å². The molecule has 0 radical (unpaired) electrons. The summed E-state index contributed by atoms with van der Waals surface area (Å²) in [6.07, 6.45) is 3.00. The second-order valence-corrected chi connectivity index (χ2v) is 7.86. The maximum Gasteiger partial charge on any atom is 0.138 e. The molecule has 0 aliphatic rings. The Kier molecular flexibility index (Phi) is 4.85. The van der Waals surface area contributed by atoms with E-state index in [1.807, 2.05) is 0 Å². The van der Waals surface area contributed by atoms with Crippen LogP contribution in [0.5, 0.6) is 0 Å². The van der Waals surface area contributed by atoms with Crippen LogP contribution in [0.2, 0.25) is 0 Å². The largest absolute Gasteiger partial charge is 0.369 e. The predicted octanol–water partition coefficient (Wildman–Crippen LogP) is 5.76. The molecule has 0 saturated heterocycles. The minimum Gasteiger partial charge on any atom is -0.369 e. The van der Waals surface area contributed by atoms with Crippen LogP contribution in [0.3, 0.4) is 0 Å². The Morgan fingerprint density at radius 2 is 1.85 bits per heavy atom. The minimum atomic E-state index is 0.860. The van der Waals surface area contributed by atoms with Gasteiger partial charge in [-0.3, -0.25) is 0 Å². The van der Waals surface area contributed by atoms with Gasteiger partial charge in [-0.25, -0.2) is 9.97 Å². The van der Waals surface area contributed by atoms with E-state index in [4.69, 9.17) is 4.98 Å². The van der Waals surface area contributed by atoms with Crippen molar-refractivity contribution >= 4 is 38.1 Å². The van der Waals surface area contributed by atoms with Gasteiger partial charge in [-0.05, 0) is 42.2 Å². The third-order valence-electron chi connectivity index (χ3n) is 4.63. The van der Waals surface area contributed by atoms with Crippen molar-refractivity contribution < 1.29 is 0 Å². The predicted molar refractivity (Wildman–Crippen MR) is 112 cm³/mol. The van der Waals surface area contributed by atoms with Crippen molar-refractivity contribution in [3.05, 3.63) is 64.8 Å². The Morgan fingerprint density at radius 3 is 2.69 bits per heavy atom. The molecule has 132 valence electrons. The van der Waals surface area contributed by atoms with Gasteiger partial charge in [0.15, 0.2) is 0 Å². The summed E-state index contributed by atoms with van der Waals surface area (Å²) in [7, 11) is 0. The van der Waals surface area contributed by atoms with Gasteiger partial charge in [-0.15, -0.1) is 11.3 Å². The molecule has 0 bridgehead atoms. The maximum absolute atomic E-state index is 4.70. The first-order chi connectivity index (χ1) is 12.7. The first kappa shape index (κ1) is 17.0. The lowest BCUT2D eigenvalue weighted by atomic mass is 10.0. The van der Waals surface area contributed by atoms with Crippen LogP contribution in [0.1, 0.15) is 29.6 Å². The van der Waals surface area contributed by atoms with E-state index in [9.17, 15) is 0 Å². The van der Waals surface area contributed by atoms with Gasteiger partial charge >= 0.3 is 0 Å². The van der Waals surface area contributed by atoms with Crippen LogP contribution in [0.25, 0.3) is 21.0 Å². The molecule has 0 fully saturated rings. The highest BCUT2D eigenvalue weighted by molar-refractivity contribution is 7.18. The molecule has 0 amide bonds. The van der Waals surface area contributed by atoms with E-state index in [2.05, 4.69) is 72.7 Å². The van der Waals surface area contributed by atoms with Gasteiger partial charge in [0.2, 0.25) is 0 Å². The summed E-state index contributed by atoms with van der Waals surface area (Å²) in [5, 5.41) is 7.31. The van der Waals surface area contributed by atoms with Crippen LogP contribution >= 0.6 is 11.3 Å². The van der Waals surface area contributed by atoms with E-state index in [1.54, 1.807) is 11.3 Å². The molecule has 4 heteroatoms. The average molecular weight is 362 g/mol. The fourth-order valence-electron chi connectivity index (χ4n) is 3.27. The Morgan fingerprint density at radius 1 is 1.00 bits per heavy atom. The molecule has 26 heavy (non-hydrogen) atoms. The van der Waals surface area contributed by atoms with Crippen LogP contribution in [0.15, 0.2) is 48.5 Å². The molecule has 4 rings (SSSR count). The zero-order valence-electron chi connectivity index (χ0n) is 15.2. The highest BCUT2D eigenvalue weighted by Crippen LogP contribution is 2.28. The highest BCUT2D eigenvalue weighted by Gasteiger charge is 2.09. The third kappa shape index (κ3) is 3.56. The average Bonchev–Trinajstić information content (AvgIpc) is 3.05. The van der Waals surface area contributed by atoms with Gasteiger partial charge in [0.1, 0.15) is 16.5 Å². The van der Waals surface area contributed by atoms with Crippen LogP contribution in [-0.2, 0) is 12.8 Å². The molecule has 1 N–H and O–H groups in total. The van der Waals surface area contributed by atoms with Crippen molar-refractivity contribution in [2.24, 2.45) is 0 Å². The number of nitrogens with one attached hydrogen (secondary N) is 1. The number of benzene rings is 2. The van der Waals surface area contributed by atoms with Crippen molar-refractivity contribution in [2.45, 2.75) is 33.1 Å². The molecule has 0 atom stereocenters. The van der Waals surface area contributed by atoms with E-state index in [0.717, 1.165) is 47.7 Å². The minimum absolute atomic E-state index is 0.860. The SMILES string of the molecule is CCc1nc(NCCCc2ccc3ccccc3c2)c2cc(C)sc2n1. The zero-order chi connectivity index (χ0) is 17.9. The number of anilines is 1. The number of aryl methyl sites for hydroxylation is 3. The smallest absolute Gasteiger partial charge is 0.138 e. The van der Waals surface area contributed by atoms with Crippen molar-refractivity contribution in [1.82, 2.24) is 9.97 Å². The summed E-state index contributed by atoms with van der Waals surface area (Å²) < 4.78 is 0. The lowest BCUT2D eigenvalue weighted by Crippen LogP contribution is -2.07. The number of aromatic nitrogens is 2. The van der Waals surface area contributed by atoms with E-state index in [0.29, 0.717) is 0 Å². The van der Waals surface area contributed by atoms with Crippen LogP contribution in [0, 0.1) is 6.92 Å². The molecule has 0 saturated carbocycles. The highest BCUT2D eigenvalue weighted by atomic mass is 32.1. The molecular formula is C22H23N3S. The molecule has 2 heterocycles. The molecule has 0 unspecified atom stereocenters. The number of nitrogens with zero attached hydrogens (tertiary/aromatic N) is 2. The lowest BCUT2D eigenvalue weighted by Gasteiger charge is -2.09. The van der Waals surface area contributed by atoms with Crippen LogP contribution in [0.4, 0.5) is 5.82 Å². The third-order valence-corrected chi connectivity index (χ3v) is 5.57. The van der Waals surface area contributed by atoms with Gasteiger partial charge in [0.25, 0.3) is 0 Å². The van der Waals surface area contributed by atoms with Gasteiger partial charge in [-0.1, -0.05) is 49.4 Å². The second kappa shape index (κ2) is 7.42.